The number of aliphatic hydroxyl groups is 1. The number of benzene rings is 2. The number of halogens is 1. The van der Waals surface area contributed by atoms with Crippen LogP contribution in [0, 0.1) is 0 Å². The van der Waals surface area contributed by atoms with E-state index >= 15 is 0 Å². The molecule has 0 bridgehead atoms. The van der Waals surface area contributed by atoms with Crippen LogP contribution in [0.3, 0.4) is 0 Å². The lowest BCUT2D eigenvalue weighted by Crippen LogP contribution is -2.42. The number of hydrogen-bond acceptors (Lipinski definition) is 9. The average Bonchev–Trinajstić information content (AvgIpc) is 3.18. The van der Waals surface area contributed by atoms with Gasteiger partial charge < -0.3 is 34.1 Å². The molecule has 37 heavy (non-hydrogen) atoms. The maximum absolute atomic E-state index is 13.4. The van der Waals surface area contributed by atoms with Crippen LogP contribution in [0.5, 0.6) is 23.0 Å². The van der Waals surface area contributed by atoms with Crippen molar-refractivity contribution in [3.05, 3.63) is 51.5 Å². The van der Waals surface area contributed by atoms with Gasteiger partial charge in [0.05, 0.1) is 36.4 Å². The quantitative estimate of drug-likeness (QED) is 0.305. The number of phenols is 1. The molecule has 2 aromatic rings. The number of likely N-dealkylation sites (tertiary alicyclic amines) is 1. The van der Waals surface area contributed by atoms with E-state index in [-0.39, 0.29) is 29.4 Å². The van der Waals surface area contributed by atoms with Crippen LogP contribution in [-0.4, -0.2) is 91.4 Å². The Bertz CT molecular complexity index is 1260. The van der Waals surface area contributed by atoms with Gasteiger partial charge in [-0.3, -0.25) is 14.5 Å². The molecule has 1 unspecified atom stereocenters. The van der Waals surface area contributed by atoms with Crippen molar-refractivity contribution >= 4 is 33.4 Å². The number of phenolic OH excluding ortho intramolecular Hbond substituents is 1. The van der Waals surface area contributed by atoms with Gasteiger partial charge in [-0.1, -0.05) is 0 Å². The summed E-state index contributed by atoms with van der Waals surface area (Å²) in [5.74, 6) is -0.772. The van der Waals surface area contributed by atoms with E-state index in [1.807, 2.05) is 0 Å². The number of morpholine rings is 1. The van der Waals surface area contributed by atoms with E-state index in [4.69, 9.17) is 18.9 Å². The van der Waals surface area contributed by atoms with Gasteiger partial charge in [0.25, 0.3) is 11.7 Å². The molecular formula is C26H27BrN2O8. The molecule has 1 atom stereocenters. The number of aliphatic hydroxyl groups excluding tert-OH is 1. The summed E-state index contributed by atoms with van der Waals surface area (Å²) in [6.45, 7) is 4.24. The van der Waals surface area contributed by atoms with Gasteiger partial charge in [0.1, 0.15) is 19.0 Å². The third-order valence-corrected chi connectivity index (χ3v) is 7.31. The zero-order valence-corrected chi connectivity index (χ0v) is 21.8. The summed E-state index contributed by atoms with van der Waals surface area (Å²) < 4.78 is 22.3. The second-order valence-corrected chi connectivity index (χ2v) is 9.71. The zero-order chi connectivity index (χ0) is 26.1. The van der Waals surface area contributed by atoms with E-state index < -0.39 is 17.7 Å². The van der Waals surface area contributed by atoms with Gasteiger partial charge in [0.15, 0.2) is 23.0 Å². The van der Waals surface area contributed by atoms with E-state index in [1.54, 1.807) is 30.3 Å². The number of amides is 1. The average molecular weight is 575 g/mol. The van der Waals surface area contributed by atoms with E-state index in [0.29, 0.717) is 60.1 Å². The van der Waals surface area contributed by atoms with Crippen LogP contribution in [-0.2, 0) is 14.3 Å². The molecule has 0 radical (unpaired) electrons. The number of ketones is 1. The SMILES string of the molecule is COc1cc(C2/C(=C(/O)c3ccc4c(c3)OCCO4)C(=O)C(=O)N2CCN2CCOCC2)cc(Br)c1O. The van der Waals surface area contributed by atoms with Crippen molar-refractivity contribution < 1.29 is 38.7 Å². The van der Waals surface area contributed by atoms with Crippen molar-refractivity contribution in [2.24, 2.45) is 0 Å². The van der Waals surface area contributed by atoms with E-state index in [1.165, 1.54) is 12.0 Å². The Kier molecular flexibility index (Phi) is 7.27. The summed E-state index contributed by atoms with van der Waals surface area (Å²) in [5.41, 5.74) is 0.773. The molecule has 2 fully saturated rings. The monoisotopic (exact) mass is 574 g/mol. The largest absolute Gasteiger partial charge is 0.507 e. The highest BCUT2D eigenvalue weighted by Gasteiger charge is 2.46. The number of aromatic hydroxyl groups is 1. The molecule has 196 valence electrons. The summed E-state index contributed by atoms with van der Waals surface area (Å²) in [5, 5.41) is 21.7. The van der Waals surface area contributed by atoms with Crippen molar-refractivity contribution in [2.75, 3.05) is 59.7 Å². The second-order valence-electron chi connectivity index (χ2n) is 8.86. The van der Waals surface area contributed by atoms with Crippen molar-refractivity contribution in [1.82, 2.24) is 9.80 Å². The van der Waals surface area contributed by atoms with Crippen LogP contribution in [0.2, 0.25) is 0 Å². The van der Waals surface area contributed by atoms with Gasteiger partial charge in [-0.15, -0.1) is 0 Å². The lowest BCUT2D eigenvalue weighted by atomic mass is 9.94. The van der Waals surface area contributed by atoms with Gasteiger partial charge in [0, 0.05) is 31.7 Å². The standard InChI is InChI=1S/C26H27BrN2O8/c1-34-20-14-16(12-17(27)24(20)31)22-21(23(30)15-2-3-18-19(13-15)37-11-10-36-18)25(32)26(33)29(22)5-4-28-6-8-35-9-7-28/h2-3,12-14,22,30-31H,4-11H2,1H3/b23-21-. The summed E-state index contributed by atoms with van der Waals surface area (Å²) in [4.78, 5) is 30.3. The van der Waals surface area contributed by atoms with Crippen molar-refractivity contribution in [2.45, 2.75) is 6.04 Å². The Labute approximate surface area is 222 Å². The lowest BCUT2D eigenvalue weighted by Gasteiger charge is -2.31. The minimum absolute atomic E-state index is 0.0525. The minimum Gasteiger partial charge on any atom is -0.507 e. The fraction of sp³-hybridized carbons (Fsp3) is 0.385. The number of carbonyl (C=O) groups is 2. The molecule has 0 saturated carbocycles. The number of nitrogens with zero attached hydrogens (tertiary/aromatic N) is 2. The molecule has 3 aliphatic rings. The predicted molar refractivity (Wildman–Crippen MR) is 136 cm³/mol. The van der Waals surface area contributed by atoms with Crippen LogP contribution in [0.1, 0.15) is 17.2 Å². The molecule has 0 aromatic heterocycles. The molecule has 3 heterocycles. The van der Waals surface area contributed by atoms with Crippen molar-refractivity contribution in [3.63, 3.8) is 0 Å². The molecule has 3 aliphatic heterocycles. The van der Waals surface area contributed by atoms with Gasteiger partial charge >= 0.3 is 0 Å². The molecule has 1 amide bonds. The Morgan fingerprint density at radius 1 is 1.05 bits per heavy atom. The third-order valence-electron chi connectivity index (χ3n) is 6.70. The van der Waals surface area contributed by atoms with Gasteiger partial charge in [-0.2, -0.15) is 0 Å². The Morgan fingerprint density at radius 3 is 2.51 bits per heavy atom. The highest BCUT2D eigenvalue weighted by molar-refractivity contribution is 9.10. The molecule has 0 aliphatic carbocycles. The number of rotatable bonds is 6. The highest BCUT2D eigenvalue weighted by Crippen LogP contribution is 2.45. The number of fused-ring (bicyclic) bond motifs is 1. The second kappa shape index (κ2) is 10.6. The molecular weight excluding hydrogens is 548 g/mol. The number of ether oxygens (including phenoxy) is 4. The first kappa shape index (κ1) is 25.4. The molecule has 2 aromatic carbocycles. The number of carbonyl (C=O) groups excluding carboxylic acids is 2. The molecule has 2 N–H and O–H groups in total. The Hall–Kier alpha value is -3.28. The maximum atomic E-state index is 13.4. The highest BCUT2D eigenvalue weighted by atomic mass is 79.9. The zero-order valence-electron chi connectivity index (χ0n) is 20.2. The molecule has 0 spiro atoms. The van der Waals surface area contributed by atoms with E-state index in [9.17, 15) is 19.8 Å². The van der Waals surface area contributed by atoms with Gasteiger partial charge in [-0.25, -0.2) is 0 Å². The predicted octanol–water partition coefficient (Wildman–Crippen LogP) is 2.69. The van der Waals surface area contributed by atoms with Crippen LogP contribution >= 0.6 is 15.9 Å². The molecule has 2 saturated heterocycles. The van der Waals surface area contributed by atoms with Crippen molar-refractivity contribution in [3.8, 4) is 23.0 Å². The summed E-state index contributed by atoms with van der Waals surface area (Å²) in [7, 11) is 1.41. The normalized spacial score (nSPS) is 21.4. The smallest absolute Gasteiger partial charge is 0.295 e. The topological polar surface area (TPSA) is 118 Å². The van der Waals surface area contributed by atoms with Crippen LogP contribution < -0.4 is 14.2 Å². The van der Waals surface area contributed by atoms with Gasteiger partial charge in [0.2, 0.25) is 0 Å². The number of hydrogen-bond donors (Lipinski definition) is 2. The van der Waals surface area contributed by atoms with Crippen LogP contribution in [0.4, 0.5) is 0 Å². The maximum Gasteiger partial charge on any atom is 0.295 e. The molecule has 5 rings (SSSR count). The van der Waals surface area contributed by atoms with Gasteiger partial charge in [-0.05, 0) is 51.8 Å². The fourth-order valence-electron chi connectivity index (χ4n) is 4.78. The Balaban J connectivity index is 1.59. The summed E-state index contributed by atoms with van der Waals surface area (Å²) in [6.07, 6.45) is 0. The summed E-state index contributed by atoms with van der Waals surface area (Å²) >= 11 is 3.33. The van der Waals surface area contributed by atoms with E-state index in [2.05, 4.69) is 20.8 Å². The lowest BCUT2D eigenvalue weighted by molar-refractivity contribution is -0.140. The number of Topliss-reactive ketones (excluding diaryl/α,β-unsaturated/α-hetero) is 1. The number of methoxy groups -OCH3 is 1. The summed E-state index contributed by atoms with van der Waals surface area (Å²) in [6, 6.07) is 7.15. The first-order valence-electron chi connectivity index (χ1n) is 11.9. The van der Waals surface area contributed by atoms with Crippen LogP contribution in [0.25, 0.3) is 5.76 Å². The van der Waals surface area contributed by atoms with Crippen molar-refractivity contribution in [1.29, 1.82) is 0 Å². The Morgan fingerprint density at radius 2 is 1.78 bits per heavy atom. The minimum atomic E-state index is -0.903. The molecule has 10 nitrogen and oxygen atoms in total. The molecule has 11 heteroatoms. The first-order valence-corrected chi connectivity index (χ1v) is 12.7. The fourth-order valence-corrected chi connectivity index (χ4v) is 5.24. The first-order chi connectivity index (χ1) is 17.9. The van der Waals surface area contributed by atoms with Crippen LogP contribution in [0.15, 0.2) is 40.4 Å². The van der Waals surface area contributed by atoms with E-state index in [0.717, 1.165) is 13.1 Å². The third kappa shape index (κ3) is 4.86.